The van der Waals surface area contributed by atoms with Crippen molar-refractivity contribution in [2.75, 3.05) is 6.54 Å². The summed E-state index contributed by atoms with van der Waals surface area (Å²) < 4.78 is 1.88. The van der Waals surface area contributed by atoms with Gasteiger partial charge in [0.25, 0.3) is 0 Å². The van der Waals surface area contributed by atoms with E-state index in [0.29, 0.717) is 19.0 Å². The average Bonchev–Trinajstić information content (AvgIpc) is 2.95. The topological polar surface area (TPSA) is 46.9 Å². The lowest BCUT2D eigenvalue weighted by molar-refractivity contribution is -0.121. The number of thiophene rings is 1. The van der Waals surface area contributed by atoms with Gasteiger partial charge in [-0.1, -0.05) is 19.9 Å². The molecule has 0 aliphatic carbocycles. The highest BCUT2D eigenvalue weighted by Gasteiger charge is 2.10. The summed E-state index contributed by atoms with van der Waals surface area (Å²) in [6.45, 7) is 5.19. The van der Waals surface area contributed by atoms with Gasteiger partial charge in [0, 0.05) is 18.9 Å². The summed E-state index contributed by atoms with van der Waals surface area (Å²) in [4.78, 5) is 17.2. The minimum atomic E-state index is 0.0273. The Morgan fingerprint density at radius 3 is 3.06 bits per heavy atom. The molecule has 0 aromatic carbocycles. The molecule has 0 bridgehead atoms. The van der Waals surface area contributed by atoms with Crippen molar-refractivity contribution in [3.05, 3.63) is 29.9 Å². The van der Waals surface area contributed by atoms with Gasteiger partial charge < -0.3 is 9.88 Å². The zero-order valence-corrected chi connectivity index (χ0v) is 11.4. The number of imidazole rings is 1. The minimum absolute atomic E-state index is 0.0273. The van der Waals surface area contributed by atoms with Crippen molar-refractivity contribution in [1.82, 2.24) is 14.9 Å². The maximum atomic E-state index is 11.8. The van der Waals surface area contributed by atoms with Crippen LogP contribution in [0.2, 0.25) is 0 Å². The molecule has 0 radical (unpaired) electrons. The van der Waals surface area contributed by atoms with Crippen LogP contribution >= 0.6 is 11.3 Å². The fourth-order valence-electron chi connectivity index (χ4n) is 1.60. The summed E-state index contributed by atoms with van der Waals surface area (Å²) >= 11 is 1.63. The first-order valence-corrected chi connectivity index (χ1v) is 6.86. The van der Waals surface area contributed by atoms with E-state index in [1.165, 1.54) is 0 Å². The predicted molar refractivity (Wildman–Crippen MR) is 73.4 cm³/mol. The van der Waals surface area contributed by atoms with E-state index in [-0.39, 0.29) is 5.91 Å². The van der Waals surface area contributed by atoms with Crippen molar-refractivity contribution in [2.24, 2.45) is 5.92 Å². The fourth-order valence-corrected chi connectivity index (χ4v) is 2.33. The Labute approximate surface area is 111 Å². The first-order chi connectivity index (χ1) is 8.66. The first kappa shape index (κ1) is 12.8. The highest BCUT2D eigenvalue weighted by atomic mass is 32.1. The second kappa shape index (κ2) is 5.82. The predicted octanol–water partition coefficient (Wildman–Crippen LogP) is 2.38. The van der Waals surface area contributed by atoms with Crippen LogP contribution in [0.5, 0.6) is 0 Å². The SMILES string of the molecule is CC(C)CNC(=O)Cn1ccnc1-c1cccs1. The Morgan fingerprint density at radius 2 is 2.39 bits per heavy atom. The van der Waals surface area contributed by atoms with Gasteiger partial charge in [0.2, 0.25) is 5.91 Å². The molecule has 96 valence electrons. The van der Waals surface area contributed by atoms with E-state index in [9.17, 15) is 4.79 Å². The molecule has 0 atom stereocenters. The van der Waals surface area contributed by atoms with E-state index in [1.807, 2.05) is 28.3 Å². The Hall–Kier alpha value is -1.62. The average molecular weight is 263 g/mol. The van der Waals surface area contributed by atoms with Gasteiger partial charge in [0.15, 0.2) is 0 Å². The molecule has 2 rings (SSSR count). The standard InChI is InChI=1S/C13H17N3OS/c1-10(2)8-15-12(17)9-16-6-5-14-13(16)11-4-3-7-18-11/h3-7,10H,8-9H2,1-2H3,(H,15,17). The summed E-state index contributed by atoms with van der Waals surface area (Å²) in [7, 11) is 0. The molecule has 0 aliphatic rings. The lowest BCUT2D eigenvalue weighted by atomic mass is 10.2. The number of nitrogens with zero attached hydrogens (tertiary/aromatic N) is 2. The number of hydrogen-bond acceptors (Lipinski definition) is 3. The van der Waals surface area contributed by atoms with Crippen LogP contribution in [0.1, 0.15) is 13.8 Å². The van der Waals surface area contributed by atoms with E-state index in [1.54, 1.807) is 17.5 Å². The number of carbonyl (C=O) groups is 1. The molecule has 1 amide bonds. The maximum absolute atomic E-state index is 11.8. The van der Waals surface area contributed by atoms with E-state index in [4.69, 9.17) is 0 Å². The van der Waals surface area contributed by atoms with Crippen molar-refractivity contribution in [2.45, 2.75) is 20.4 Å². The molecule has 1 N–H and O–H groups in total. The highest BCUT2D eigenvalue weighted by Crippen LogP contribution is 2.22. The molecule has 0 fully saturated rings. The normalized spacial score (nSPS) is 10.8. The minimum Gasteiger partial charge on any atom is -0.354 e. The van der Waals surface area contributed by atoms with Crippen LogP contribution in [-0.4, -0.2) is 22.0 Å². The molecule has 0 aliphatic heterocycles. The van der Waals surface area contributed by atoms with Crippen molar-refractivity contribution in [1.29, 1.82) is 0 Å². The summed E-state index contributed by atoms with van der Waals surface area (Å²) in [5.74, 6) is 1.35. The molecule has 0 spiro atoms. The number of rotatable bonds is 5. The fraction of sp³-hybridized carbons (Fsp3) is 0.385. The molecule has 0 unspecified atom stereocenters. The van der Waals surface area contributed by atoms with Crippen LogP contribution in [0.15, 0.2) is 29.9 Å². The molecule has 0 saturated heterocycles. The second-order valence-corrected chi connectivity index (χ2v) is 5.50. The summed E-state index contributed by atoms with van der Waals surface area (Å²) in [6.07, 6.45) is 3.56. The molecule has 2 aromatic rings. The largest absolute Gasteiger partial charge is 0.354 e. The maximum Gasteiger partial charge on any atom is 0.240 e. The van der Waals surface area contributed by atoms with E-state index in [0.717, 1.165) is 10.7 Å². The molecule has 0 saturated carbocycles. The van der Waals surface area contributed by atoms with E-state index >= 15 is 0 Å². The van der Waals surface area contributed by atoms with Gasteiger partial charge in [-0.3, -0.25) is 4.79 Å². The van der Waals surface area contributed by atoms with Crippen molar-refractivity contribution in [3.8, 4) is 10.7 Å². The Morgan fingerprint density at radius 1 is 1.56 bits per heavy atom. The quantitative estimate of drug-likeness (QED) is 0.900. The van der Waals surface area contributed by atoms with Crippen LogP contribution < -0.4 is 5.32 Å². The lowest BCUT2D eigenvalue weighted by Gasteiger charge is -2.09. The third-order valence-electron chi connectivity index (χ3n) is 2.48. The van der Waals surface area contributed by atoms with Crippen molar-refractivity contribution >= 4 is 17.2 Å². The molecule has 2 heterocycles. The van der Waals surface area contributed by atoms with E-state index in [2.05, 4.69) is 24.1 Å². The Balaban J connectivity index is 2.02. The van der Waals surface area contributed by atoms with Crippen LogP contribution in [0.25, 0.3) is 10.7 Å². The summed E-state index contributed by atoms with van der Waals surface area (Å²) in [6, 6.07) is 3.99. The Bertz CT molecular complexity index is 502. The van der Waals surface area contributed by atoms with Gasteiger partial charge in [0.05, 0.1) is 4.88 Å². The molecule has 5 heteroatoms. The number of nitrogens with one attached hydrogen (secondary N) is 1. The number of aromatic nitrogens is 2. The van der Waals surface area contributed by atoms with Crippen LogP contribution in [0.3, 0.4) is 0 Å². The lowest BCUT2D eigenvalue weighted by Crippen LogP contribution is -2.30. The molecule has 4 nitrogen and oxygen atoms in total. The Kier molecular flexibility index (Phi) is 4.15. The van der Waals surface area contributed by atoms with Gasteiger partial charge >= 0.3 is 0 Å². The zero-order valence-electron chi connectivity index (χ0n) is 10.6. The monoisotopic (exact) mass is 263 g/mol. The van der Waals surface area contributed by atoms with Crippen LogP contribution in [-0.2, 0) is 11.3 Å². The van der Waals surface area contributed by atoms with Crippen molar-refractivity contribution in [3.63, 3.8) is 0 Å². The summed E-state index contributed by atoms with van der Waals surface area (Å²) in [5.41, 5.74) is 0. The molecular weight excluding hydrogens is 246 g/mol. The van der Waals surface area contributed by atoms with E-state index < -0.39 is 0 Å². The molecule has 18 heavy (non-hydrogen) atoms. The van der Waals surface area contributed by atoms with Gasteiger partial charge in [-0.05, 0) is 17.4 Å². The van der Waals surface area contributed by atoms with Gasteiger partial charge in [-0.25, -0.2) is 4.98 Å². The zero-order chi connectivity index (χ0) is 13.0. The highest BCUT2D eigenvalue weighted by molar-refractivity contribution is 7.13. The summed E-state index contributed by atoms with van der Waals surface area (Å²) in [5, 5.41) is 4.92. The number of hydrogen-bond donors (Lipinski definition) is 1. The smallest absolute Gasteiger partial charge is 0.240 e. The van der Waals surface area contributed by atoms with Gasteiger partial charge in [-0.2, -0.15) is 0 Å². The van der Waals surface area contributed by atoms with Gasteiger partial charge in [0.1, 0.15) is 12.4 Å². The van der Waals surface area contributed by atoms with Gasteiger partial charge in [-0.15, -0.1) is 11.3 Å². The molecule has 2 aromatic heterocycles. The third-order valence-corrected chi connectivity index (χ3v) is 3.34. The van der Waals surface area contributed by atoms with Crippen LogP contribution in [0, 0.1) is 5.92 Å². The number of amides is 1. The van der Waals surface area contributed by atoms with Crippen molar-refractivity contribution < 1.29 is 4.79 Å². The van der Waals surface area contributed by atoms with Crippen LogP contribution in [0.4, 0.5) is 0 Å². The molecular formula is C13H17N3OS. The number of carbonyl (C=O) groups excluding carboxylic acids is 1. The first-order valence-electron chi connectivity index (χ1n) is 5.98. The third kappa shape index (κ3) is 3.20. The second-order valence-electron chi connectivity index (χ2n) is 4.55.